The number of allylic oxidation sites excluding steroid dienone is 2. The maximum absolute atomic E-state index is 13.0. The van der Waals surface area contributed by atoms with Gasteiger partial charge in [-0.05, 0) is 78.0 Å². The van der Waals surface area contributed by atoms with E-state index in [1.54, 1.807) is 12.3 Å². The minimum atomic E-state index is -0.270. The molecule has 0 unspecified atom stereocenters. The summed E-state index contributed by atoms with van der Waals surface area (Å²) in [5.41, 5.74) is 1.60. The monoisotopic (exact) mass is 590 g/mol. The van der Waals surface area contributed by atoms with Crippen molar-refractivity contribution < 1.29 is 19.1 Å². The first-order valence-electron chi connectivity index (χ1n) is 11.4. The van der Waals surface area contributed by atoms with Crippen molar-refractivity contribution in [2.75, 3.05) is 6.61 Å². The van der Waals surface area contributed by atoms with Crippen molar-refractivity contribution >= 4 is 52.2 Å². The van der Waals surface area contributed by atoms with Crippen molar-refractivity contribution in [3.05, 3.63) is 68.3 Å². The van der Waals surface area contributed by atoms with E-state index in [0.29, 0.717) is 29.7 Å². The minimum absolute atomic E-state index is 0.145. The van der Waals surface area contributed by atoms with Gasteiger partial charge in [-0.2, -0.15) is 10.1 Å². The number of carbonyl (C=O) groups excluding carboxylic acids is 2. The number of nitrogens with zero attached hydrogens (tertiary/aromatic N) is 2. The van der Waals surface area contributed by atoms with Crippen molar-refractivity contribution in [2.45, 2.75) is 26.4 Å². The van der Waals surface area contributed by atoms with Gasteiger partial charge in [0.05, 0.1) is 28.2 Å². The number of hydrazone groups is 1. The molecule has 3 aliphatic carbocycles. The van der Waals surface area contributed by atoms with Gasteiger partial charge in [0.25, 0.3) is 11.8 Å². The highest BCUT2D eigenvalue weighted by molar-refractivity contribution is 14.1. The normalized spacial score (nSPS) is 25.3. The molecule has 2 bridgehead atoms. The number of carbonyl (C=O) groups is 2. The largest absolute Gasteiger partial charge is 0.490 e. The molecular weight excluding hydrogens is 567 g/mol. The quantitative estimate of drug-likeness (QED) is 0.186. The third-order valence-corrected chi connectivity index (χ3v) is 7.89. The third-order valence-electron chi connectivity index (χ3n) is 6.72. The Morgan fingerprint density at radius 1 is 1.09 bits per heavy atom. The Labute approximate surface area is 217 Å². The second-order valence-corrected chi connectivity index (χ2v) is 10.3. The number of halogens is 2. The summed E-state index contributed by atoms with van der Waals surface area (Å²) in [4.78, 5) is 26.0. The zero-order valence-electron chi connectivity index (χ0n) is 18.6. The van der Waals surface area contributed by atoms with Crippen LogP contribution >= 0.6 is 34.2 Å². The molecule has 4 atom stereocenters. The fraction of sp³-hybridized carbons (Fsp3) is 0.346. The smallest absolute Gasteiger partial charge is 0.254 e. The lowest BCUT2D eigenvalue weighted by atomic mass is 9.63. The molecule has 1 aliphatic heterocycles. The lowest BCUT2D eigenvalue weighted by molar-refractivity contribution is -0.140. The number of benzene rings is 2. The fourth-order valence-electron chi connectivity index (χ4n) is 5.13. The summed E-state index contributed by atoms with van der Waals surface area (Å²) in [6.07, 6.45) is 7.68. The van der Waals surface area contributed by atoms with E-state index < -0.39 is 0 Å². The highest BCUT2D eigenvalue weighted by Gasteiger charge is 2.56. The Morgan fingerprint density at radius 3 is 2.38 bits per heavy atom. The van der Waals surface area contributed by atoms with Crippen molar-refractivity contribution in [3.8, 4) is 11.5 Å². The van der Waals surface area contributed by atoms with E-state index in [0.717, 1.165) is 32.5 Å². The van der Waals surface area contributed by atoms with Crippen LogP contribution in [-0.2, 0) is 16.2 Å². The van der Waals surface area contributed by atoms with Gasteiger partial charge in [-0.15, -0.1) is 0 Å². The van der Waals surface area contributed by atoms with Crippen LogP contribution in [0, 0.1) is 27.2 Å². The van der Waals surface area contributed by atoms with E-state index >= 15 is 0 Å². The van der Waals surface area contributed by atoms with Gasteiger partial charge < -0.3 is 9.47 Å². The zero-order chi connectivity index (χ0) is 23.8. The molecule has 8 heteroatoms. The minimum Gasteiger partial charge on any atom is -0.490 e. The van der Waals surface area contributed by atoms with Crippen LogP contribution in [0.2, 0.25) is 5.02 Å². The SMILES string of the molecule is CCOc1cc(/C=N\N2C(=O)[C@@H]3[C@H](C2=O)[C@H]2C=C[C@H]3CC2)cc(I)c1OCc1ccccc1Cl. The molecule has 2 aromatic carbocycles. The highest BCUT2D eigenvalue weighted by atomic mass is 127. The van der Waals surface area contributed by atoms with E-state index in [1.165, 1.54) is 0 Å². The van der Waals surface area contributed by atoms with Crippen LogP contribution < -0.4 is 9.47 Å². The summed E-state index contributed by atoms with van der Waals surface area (Å²) >= 11 is 8.44. The summed E-state index contributed by atoms with van der Waals surface area (Å²) in [6, 6.07) is 11.2. The molecule has 176 valence electrons. The standard InChI is InChI=1S/C26H24ClIN2O4/c1-2-33-21-12-15(11-20(28)24(21)34-14-18-5-3-4-6-19(18)27)13-29-30-25(31)22-16-7-8-17(10-9-16)23(22)26(30)32/h3-8,11-13,16-17,22-23H,2,9-10,14H2,1H3/b29-13-/t16-,17-,22-,23+/m0/s1. The topological polar surface area (TPSA) is 68.2 Å². The van der Waals surface area contributed by atoms with Crippen LogP contribution in [0.4, 0.5) is 0 Å². The highest BCUT2D eigenvalue weighted by Crippen LogP contribution is 2.49. The van der Waals surface area contributed by atoms with Gasteiger partial charge in [0.15, 0.2) is 11.5 Å². The van der Waals surface area contributed by atoms with Crippen LogP contribution in [0.25, 0.3) is 0 Å². The molecule has 6 rings (SSSR count). The van der Waals surface area contributed by atoms with Crippen LogP contribution in [0.5, 0.6) is 11.5 Å². The molecule has 0 spiro atoms. The van der Waals surface area contributed by atoms with Crippen molar-refractivity contribution in [1.82, 2.24) is 5.01 Å². The number of hydrogen-bond acceptors (Lipinski definition) is 5. The van der Waals surface area contributed by atoms with Gasteiger partial charge in [-0.3, -0.25) is 9.59 Å². The average Bonchev–Trinajstić information content (AvgIpc) is 3.11. The molecule has 0 radical (unpaired) electrons. The van der Waals surface area contributed by atoms with Gasteiger partial charge in [-0.1, -0.05) is 42.0 Å². The summed E-state index contributed by atoms with van der Waals surface area (Å²) in [5, 5.41) is 6.03. The van der Waals surface area contributed by atoms with Crippen molar-refractivity contribution in [3.63, 3.8) is 0 Å². The van der Waals surface area contributed by atoms with Gasteiger partial charge in [0, 0.05) is 10.6 Å². The maximum atomic E-state index is 13.0. The number of imide groups is 1. The lowest BCUT2D eigenvalue weighted by Crippen LogP contribution is -2.38. The number of fused-ring (bicyclic) bond motifs is 1. The first-order valence-corrected chi connectivity index (χ1v) is 12.9. The van der Waals surface area contributed by atoms with E-state index in [-0.39, 0.29) is 35.5 Å². The van der Waals surface area contributed by atoms with Gasteiger partial charge in [0.2, 0.25) is 0 Å². The molecule has 1 saturated carbocycles. The van der Waals surface area contributed by atoms with Gasteiger partial charge in [0.1, 0.15) is 6.61 Å². The molecule has 0 aromatic heterocycles. The summed E-state index contributed by atoms with van der Waals surface area (Å²) in [5.74, 6) is 0.550. The second-order valence-electron chi connectivity index (χ2n) is 8.72. The number of hydrogen-bond donors (Lipinski definition) is 0. The van der Waals surface area contributed by atoms with E-state index in [2.05, 4.69) is 39.8 Å². The molecule has 1 heterocycles. The zero-order valence-corrected chi connectivity index (χ0v) is 21.5. The molecule has 4 aliphatic rings. The summed E-state index contributed by atoms with van der Waals surface area (Å²) < 4.78 is 12.7. The Kier molecular flexibility index (Phi) is 6.66. The van der Waals surface area contributed by atoms with Gasteiger partial charge in [-0.25, -0.2) is 0 Å². The van der Waals surface area contributed by atoms with Crippen LogP contribution in [-0.4, -0.2) is 29.6 Å². The molecule has 2 amide bonds. The first-order chi connectivity index (χ1) is 16.5. The first kappa shape index (κ1) is 23.4. The van der Waals surface area contributed by atoms with Crippen LogP contribution in [0.1, 0.15) is 30.9 Å². The Balaban J connectivity index is 1.36. The van der Waals surface area contributed by atoms with Crippen LogP contribution in [0.3, 0.4) is 0 Å². The van der Waals surface area contributed by atoms with E-state index in [1.807, 2.05) is 37.3 Å². The Hall–Kier alpha value is -2.39. The number of amides is 2. The predicted molar refractivity (Wildman–Crippen MR) is 138 cm³/mol. The summed E-state index contributed by atoms with van der Waals surface area (Å²) in [7, 11) is 0. The Morgan fingerprint density at radius 2 is 1.76 bits per heavy atom. The predicted octanol–water partition coefficient (Wildman–Crippen LogP) is 5.45. The third kappa shape index (κ3) is 4.24. The maximum Gasteiger partial charge on any atom is 0.254 e. The summed E-state index contributed by atoms with van der Waals surface area (Å²) in [6.45, 7) is 2.66. The van der Waals surface area contributed by atoms with Gasteiger partial charge >= 0.3 is 0 Å². The number of rotatable bonds is 7. The second kappa shape index (κ2) is 9.70. The van der Waals surface area contributed by atoms with E-state index in [9.17, 15) is 9.59 Å². The molecule has 2 fully saturated rings. The molecule has 1 saturated heterocycles. The fourth-order valence-corrected chi connectivity index (χ4v) is 6.10. The molecule has 34 heavy (non-hydrogen) atoms. The lowest BCUT2D eigenvalue weighted by Gasteiger charge is -2.37. The number of ether oxygens (including phenoxy) is 2. The molecule has 2 aromatic rings. The van der Waals surface area contributed by atoms with E-state index in [4.69, 9.17) is 21.1 Å². The van der Waals surface area contributed by atoms with Crippen molar-refractivity contribution in [1.29, 1.82) is 0 Å². The van der Waals surface area contributed by atoms with Crippen molar-refractivity contribution in [2.24, 2.45) is 28.8 Å². The Bertz CT molecular complexity index is 1170. The molecular formula is C26H24ClIN2O4. The molecule has 0 N–H and O–H groups in total. The average molecular weight is 591 g/mol. The van der Waals surface area contributed by atoms with Crippen LogP contribution in [0.15, 0.2) is 53.7 Å². The molecule has 6 nitrogen and oxygen atoms in total.